The van der Waals surface area contributed by atoms with Crippen LogP contribution < -0.4 is 10.6 Å². The highest BCUT2D eigenvalue weighted by Crippen LogP contribution is 2.32. The van der Waals surface area contributed by atoms with E-state index < -0.39 is 0 Å². The van der Waals surface area contributed by atoms with Crippen molar-refractivity contribution in [1.82, 2.24) is 0 Å². The summed E-state index contributed by atoms with van der Waals surface area (Å²) in [7, 11) is -0.149. The smallest absolute Gasteiger partial charge is 0.0195 e. The molecule has 2 rings (SSSR count). The third-order valence-corrected chi connectivity index (χ3v) is 5.63. The average molecular weight is 286 g/mol. The molecule has 0 aliphatic carbocycles. The standard InChI is InChI=1S/C14H15P.C5H12/c1-2-15(13-9-5-3-6-10-13)14-11-7-4-8-12-14;1-3-5-4-2/h3-12H,2H2,1H3;3-5H2,1-2H3. The van der Waals surface area contributed by atoms with Crippen molar-refractivity contribution in [1.29, 1.82) is 0 Å². The normalized spacial score (nSPS) is 10.0. The van der Waals surface area contributed by atoms with E-state index in [0.29, 0.717) is 0 Å². The topological polar surface area (TPSA) is 0 Å². The summed E-state index contributed by atoms with van der Waals surface area (Å²) in [5, 5.41) is 2.95. The van der Waals surface area contributed by atoms with E-state index in [0.717, 1.165) is 0 Å². The number of unbranched alkanes of at least 4 members (excludes halogenated alkanes) is 2. The van der Waals surface area contributed by atoms with Gasteiger partial charge >= 0.3 is 0 Å². The van der Waals surface area contributed by atoms with Gasteiger partial charge in [0.15, 0.2) is 0 Å². The monoisotopic (exact) mass is 286 g/mol. The van der Waals surface area contributed by atoms with E-state index in [4.69, 9.17) is 0 Å². The zero-order chi connectivity index (χ0) is 14.6. The Balaban J connectivity index is 0.000000347. The van der Waals surface area contributed by atoms with E-state index in [1.54, 1.807) is 0 Å². The molecule has 0 aromatic heterocycles. The van der Waals surface area contributed by atoms with Gasteiger partial charge in [-0.25, -0.2) is 0 Å². The third-order valence-electron chi connectivity index (χ3n) is 3.16. The van der Waals surface area contributed by atoms with Gasteiger partial charge in [0.1, 0.15) is 0 Å². The van der Waals surface area contributed by atoms with Gasteiger partial charge in [-0.2, -0.15) is 0 Å². The molecule has 0 heterocycles. The van der Waals surface area contributed by atoms with Crippen molar-refractivity contribution in [3.63, 3.8) is 0 Å². The van der Waals surface area contributed by atoms with Crippen molar-refractivity contribution < 1.29 is 0 Å². The SMILES string of the molecule is CCCCC.CCP(c1ccccc1)c1ccccc1. The Morgan fingerprint density at radius 1 is 0.650 bits per heavy atom. The summed E-state index contributed by atoms with van der Waals surface area (Å²) in [6.45, 7) is 6.69. The fourth-order valence-corrected chi connectivity index (χ4v) is 4.18. The second-order valence-electron chi connectivity index (χ2n) is 4.77. The third kappa shape index (κ3) is 5.88. The molecule has 0 saturated carbocycles. The fraction of sp³-hybridized carbons (Fsp3) is 0.368. The molecule has 0 unspecified atom stereocenters. The van der Waals surface area contributed by atoms with Gasteiger partial charge in [-0.1, -0.05) is 101 Å². The lowest BCUT2D eigenvalue weighted by Gasteiger charge is -2.16. The molecule has 0 spiro atoms. The second-order valence-corrected chi connectivity index (χ2v) is 7.29. The Bertz CT molecular complexity index is 394. The van der Waals surface area contributed by atoms with Crippen LogP contribution in [0.25, 0.3) is 0 Å². The van der Waals surface area contributed by atoms with Gasteiger partial charge in [0, 0.05) is 0 Å². The average Bonchev–Trinajstić information content (AvgIpc) is 2.52. The Morgan fingerprint density at radius 2 is 1.05 bits per heavy atom. The molecule has 2 aromatic carbocycles. The molecule has 0 bridgehead atoms. The van der Waals surface area contributed by atoms with Crippen molar-refractivity contribution in [3.8, 4) is 0 Å². The highest BCUT2D eigenvalue weighted by molar-refractivity contribution is 7.72. The van der Waals surface area contributed by atoms with Crippen molar-refractivity contribution >= 4 is 18.5 Å². The van der Waals surface area contributed by atoms with Gasteiger partial charge in [0.2, 0.25) is 0 Å². The quantitative estimate of drug-likeness (QED) is 0.651. The van der Waals surface area contributed by atoms with Crippen LogP contribution in [-0.4, -0.2) is 6.16 Å². The summed E-state index contributed by atoms with van der Waals surface area (Å²) in [6.07, 6.45) is 5.29. The Kier molecular flexibility index (Phi) is 9.00. The summed E-state index contributed by atoms with van der Waals surface area (Å²) in [5.41, 5.74) is 0. The lowest BCUT2D eigenvalue weighted by molar-refractivity contribution is 0.772. The maximum absolute atomic E-state index is 2.27. The van der Waals surface area contributed by atoms with Crippen LogP contribution in [0.2, 0.25) is 0 Å². The van der Waals surface area contributed by atoms with E-state index in [2.05, 4.69) is 81.4 Å². The summed E-state index contributed by atoms with van der Waals surface area (Å²) >= 11 is 0. The summed E-state index contributed by atoms with van der Waals surface area (Å²) in [6, 6.07) is 21.6. The number of benzene rings is 2. The van der Waals surface area contributed by atoms with E-state index in [1.165, 1.54) is 36.0 Å². The lowest BCUT2D eigenvalue weighted by Crippen LogP contribution is -2.12. The van der Waals surface area contributed by atoms with E-state index in [-0.39, 0.29) is 7.92 Å². The summed E-state index contributed by atoms with van der Waals surface area (Å²) in [5.74, 6) is 0. The first-order valence-corrected chi connectivity index (χ1v) is 9.23. The van der Waals surface area contributed by atoms with Crippen LogP contribution in [0.5, 0.6) is 0 Å². The molecule has 0 amide bonds. The van der Waals surface area contributed by atoms with Crippen LogP contribution in [0.4, 0.5) is 0 Å². The zero-order valence-corrected chi connectivity index (χ0v) is 13.9. The summed E-state index contributed by atoms with van der Waals surface area (Å²) < 4.78 is 0. The van der Waals surface area contributed by atoms with Gasteiger partial charge in [-0.3, -0.25) is 0 Å². The lowest BCUT2D eigenvalue weighted by atomic mass is 10.3. The fourth-order valence-electron chi connectivity index (χ4n) is 2.08. The molecule has 0 nitrogen and oxygen atoms in total. The largest absolute Gasteiger partial charge is 0.0654 e. The zero-order valence-electron chi connectivity index (χ0n) is 13.0. The van der Waals surface area contributed by atoms with Gasteiger partial charge in [0.05, 0.1) is 0 Å². The Labute approximate surface area is 126 Å². The molecule has 1 heteroatoms. The second kappa shape index (κ2) is 10.6. The first-order valence-electron chi connectivity index (χ1n) is 7.71. The van der Waals surface area contributed by atoms with E-state index >= 15 is 0 Å². The number of hydrogen-bond acceptors (Lipinski definition) is 0. The minimum absolute atomic E-state index is 0.149. The number of rotatable bonds is 5. The van der Waals surface area contributed by atoms with Crippen LogP contribution in [0, 0.1) is 0 Å². The minimum Gasteiger partial charge on any atom is -0.0654 e. The molecule has 108 valence electrons. The van der Waals surface area contributed by atoms with Crippen LogP contribution in [0.15, 0.2) is 60.7 Å². The highest BCUT2D eigenvalue weighted by Gasteiger charge is 2.09. The maximum Gasteiger partial charge on any atom is -0.0195 e. The van der Waals surface area contributed by atoms with Crippen molar-refractivity contribution in [2.45, 2.75) is 40.0 Å². The van der Waals surface area contributed by atoms with Crippen LogP contribution in [0.1, 0.15) is 40.0 Å². The van der Waals surface area contributed by atoms with Crippen molar-refractivity contribution in [2.24, 2.45) is 0 Å². The Morgan fingerprint density at radius 3 is 1.30 bits per heavy atom. The van der Waals surface area contributed by atoms with Gasteiger partial charge < -0.3 is 0 Å². The van der Waals surface area contributed by atoms with Gasteiger partial charge in [-0.15, -0.1) is 0 Å². The van der Waals surface area contributed by atoms with Crippen LogP contribution >= 0.6 is 7.92 Å². The Hall–Kier alpha value is -1.13. The summed E-state index contributed by atoms with van der Waals surface area (Å²) in [4.78, 5) is 0. The van der Waals surface area contributed by atoms with Crippen LogP contribution in [-0.2, 0) is 0 Å². The molecule has 0 aliphatic heterocycles. The van der Waals surface area contributed by atoms with E-state index in [9.17, 15) is 0 Å². The molecule has 0 saturated heterocycles. The predicted octanol–water partition coefficient (Wildman–Crippen LogP) is 5.34. The molecule has 0 radical (unpaired) electrons. The molecule has 2 aromatic rings. The van der Waals surface area contributed by atoms with Gasteiger partial charge in [-0.05, 0) is 24.7 Å². The number of hydrogen-bond donors (Lipinski definition) is 0. The van der Waals surface area contributed by atoms with Crippen molar-refractivity contribution in [2.75, 3.05) is 6.16 Å². The molecular weight excluding hydrogens is 259 g/mol. The molecular formula is C19H27P. The predicted molar refractivity (Wildman–Crippen MR) is 94.8 cm³/mol. The molecule has 0 aliphatic rings. The van der Waals surface area contributed by atoms with Gasteiger partial charge in [0.25, 0.3) is 0 Å². The molecule has 0 fully saturated rings. The van der Waals surface area contributed by atoms with Crippen LogP contribution in [0.3, 0.4) is 0 Å². The highest BCUT2D eigenvalue weighted by atomic mass is 31.1. The first kappa shape index (κ1) is 16.9. The molecule has 20 heavy (non-hydrogen) atoms. The molecule has 0 atom stereocenters. The van der Waals surface area contributed by atoms with Crippen molar-refractivity contribution in [3.05, 3.63) is 60.7 Å². The van der Waals surface area contributed by atoms with E-state index in [1.807, 2.05) is 0 Å². The molecule has 0 N–H and O–H groups in total. The first-order chi connectivity index (χ1) is 9.83. The maximum atomic E-state index is 2.27. The minimum atomic E-state index is -0.149.